The number of fused-ring (bicyclic) bond motifs is 2. The third kappa shape index (κ3) is 1.51. The Balaban J connectivity index is 1.97. The van der Waals surface area contributed by atoms with E-state index in [0.29, 0.717) is 6.42 Å². The summed E-state index contributed by atoms with van der Waals surface area (Å²) in [7, 11) is 1.39. The van der Waals surface area contributed by atoms with Crippen LogP contribution >= 0.6 is 0 Å². The first-order valence-corrected chi connectivity index (χ1v) is 6.66. The summed E-state index contributed by atoms with van der Waals surface area (Å²) in [5.41, 5.74) is 1.81. The van der Waals surface area contributed by atoms with Crippen LogP contribution in [0.3, 0.4) is 0 Å². The lowest BCUT2D eigenvalue weighted by atomic mass is 9.79. The predicted molar refractivity (Wildman–Crippen MR) is 63.7 cm³/mol. The molecule has 0 spiro atoms. The number of carbonyl (C=O) groups is 2. The molecule has 0 aromatic rings. The van der Waals surface area contributed by atoms with Gasteiger partial charge < -0.3 is 9.47 Å². The van der Waals surface area contributed by atoms with Crippen LogP contribution in [0.15, 0.2) is 11.1 Å². The molecule has 2 unspecified atom stereocenters. The van der Waals surface area contributed by atoms with Crippen molar-refractivity contribution in [3.8, 4) is 0 Å². The van der Waals surface area contributed by atoms with Crippen LogP contribution in [0, 0.1) is 5.41 Å². The van der Waals surface area contributed by atoms with Gasteiger partial charge in [-0.05, 0) is 37.7 Å². The fourth-order valence-electron chi connectivity index (χ4n) is 3.72. The largest absolute Gasteiger partial charge is 0.468 e. The second kappa shape index (κ2) is 4.11. The summed E-state index contributed by atoms with van der Waals surface area (Å²) in [4.78, 5) is 23.7. The van der Waals surface area contributed by atoms with Gasteiger partial charge in [-0.25, -0.2) is 0 Å². The zero-order valence-corrected chi connectivity index (χ0v) is 10.7. The Morgan fingerprint density at radius 1 is 1.28 bits per heavy atom. The molecule has 0 N–H and O–H groups in total. The minimum Gasteiger partial charge on any atom is -0.468 e. The van der Waals surface area contributed by atoms with Crippen molar-refractivity contribution in [1.82, 2.24) is 0 Å². The lowest BCUT2D eigenvalue weighted by Gasteiger charge is -2.24. The first-order valence-electron chi connectivity index (χ1n) is 6.66. The minimum atomic E-state index is -0.742. The first-order chi connectivity index (χ1) is 8.67. The van der Waals surface area contributed by atoms with E-state index in [1.54, 1.807) is 0 Å². The lowest BCUT2D eigenvalue weighted by molar-refractivity contribution is -0.154. The van der Waals surface area contributed by atoms with Crippen LogP contribution in [0.1, 0.15) is 44.9 Å². The molecule has 18 heavy (non-hydrogen) atoms. The maximum Gasteiger partial charge on any atom is 0.316 e. The van der Waals surface area contributed by atoms with Crippen LogP contribution in [0.2, 0.25) is 0 Å². The first kappa shape index (κ1) is 11.8. The molecule has 1 saturated heterocycles. The molecule has 3 aliphatic rings. The maximum atomic E-state index is 12.1. The lowest BCUT2D eigenvalue weighted by Crippen LogP contribution is -2.37. The molecular weight excluding hydrogens is 232 g/mol. The van der Waals surface area contributed by atoms with Gasteiger partial charge in [-0.2, -0.15) is 0 Å². The standard InChI is InChI=1S/C14H18O4/c1-17-13(16)14-7-9-5-3-2-4-6-10(9)12(14)18-11(15)8-14/h12H,2-8H2,1H3. The maximum absolute atomic E-state index is 12.1. The molecule has 0 radical (unpaired) electrons. The normalized spacial score (nSPS) is 34.7. The second-order valence-corrected chi connectivity index (χ2v) is 5.56. The highest BCUT2D eigenvalue weighted by Crippen LogP contribution is 2.54. The molecule has 4 nitrogen and oxygen atoms in total. The highest BCUT2D eigenvalue weighted by Gasteiger charge is 2.60. The molecule has 1 fully saturated rings. The molecule has 2 aliphatic carbocycles. The topological polar surface area (TPSA) is 52.6 Å². The van der Waals surface area contributed by atoms with Crippen molar-refractivity contribution in [3.63, 3.8) is 0 Å². The van der Waals surface area contributed by atoms with Gasteiger partial charge in [-0.3, -0.25) is 9.59 Å². The summed E-state index contributed by atoms with van der Waals surface area (Å²) >= 11 is 0. The van der Waals surface area contributed by atoms with E-state index < -0.39 is 5.41 Å². The Labute approximate surface area is 106 Å². The number of rotatable bonds is 1. The fourth-order valence-corrected chi connectivity index (χ4v) is 3.72. The van der Waals surface area contributed by atoms with Crippen molar-refractivity contribution in [3.05, 3.63) is 11.1 Å². The molecule has 3 rings (SSSR count). The molecular formula is C14H18O4. The van der Waals surface area contributed by atoms with Crippen molar-refractivity contribution >= 4 is 11.9 Å². The van der Waals surface area contributed by atoms with Crippen molar-refractivity contribution < 1.29 is 19.1 Å². The number of ether oxygens (including phenoxy) is 2. The van der Waals surface area contributed by atoms with Crippen LogP contribution in [-0.2, 0) is 19.1 Å². The van der Waals surface area contributed by atoms with Crippen molar-refractivity contribution in [2.45, 2.75) is 51.0 Å². The summed E-state index contributed by atoms with van der Waals surface area (Å²) in [6.07, 6.45) is 6.03. The van der Waals surface area contributed by atoms with E-state index in [1.165, 1.54) is 31.1 Å². The highest BCUT2D eigenvalue weighted by atomic mass is 16.6. The van der Waals surface area contributed by atoms with Gasteiger partial charge in [0.25, 0.3) is 0 Å². The van der Waals surface area contributed by atoms with Gasteiger partial charge in [-0.1, -0.05) is 12.0 Å². The second-order valence-electron chi connectivity index (χ2n) is 5.56. The SMILES string of the molecule is COC(=O)C12CC(=O)OC1C1=C(CCCCC1)C2. The minimum absolute atomic E-state index is 0.178. The zero-order valence-electron chi connectivity index (χ0n) is 10.7. The Kier molecular flexibility index (Phi) is 2.68. The van der Waals surface area contributed by atoms with Gasteiger partial charge in [0.1, 0.15) is 11.5 Å². The van der Waals surface area contributed by atoms with Crippen molar-refractivity contribution in [2.24, 2.45) is 5.41 Å². The van der Waals surface area contributed by atoms with E-state index in [-0.39, 0.29) is 24.5 Å². The Morgan fingerprint density at radius 3 is 2.83 bits per heavy atom. The van der Waals surface area contributed by atoms with E-state index in [0.717, 1.165) is 19.3 Å². The molecule has 2 atom stereocenters. The number of allylic oxidation sites excluding steroid dienone is 1. The van der Waals surface area contributed by atoms with Crippen molar-refractivity contribution in [1.29, 1.82) is 0 Å². The molecule has 4 heteroatoms. The molecule has 0 saturated carbocycles. The summed E-state index contributed by atoms with van der Waals surface area (Å²) < 4.78 is 10.4. The molecule has 0 aromatic carbocycles. The number of hydrogen-bond donors (Lipinski definition) is 0. The Morgan fingerprint density at radius 2 is 2.06 bits per heavy atom. The fraction of sp³-hybridized carbons (Fsp3) is 0.714. The van der Waals surface area contributed by atoms with E-state index in [2.05, 4.69) is 0 Å². The molecule has 0 amide bonds. The highest BCUT2D eigenvalue weighted by molar-refractivity contribution is 5.89. The van der Waals surface area contributed by atoms with Gasteiger partial charge in [0.2, 0.25) is 0 Å². The summed E-state index contributed by atoms with van der Waals surface area (Å²) in [6, 6.07) is 0. The average Bonchev–Trinajstić information content (AvgIpc) is 2.71. The van der Waals surface area contributed by atoms with Gasteiger partial charge >= 0.3 is 11.9 Å². The van der Waals surface area contributed by atoms with Crippen LogP contribution in [0.5, 0.6) is 0 Å². The van der Waals surface area contributed by atoms with E-state index >= 15 is 0 Å². The van der Waals surface area contributed by atoms with Crippen LogP contribution in [0.25, 0.3) is 0 Å². The molecule has 0 bridgehead atoms. The third-order valence-electron chi connectivity index (χ3n) is 4.53. The molecule has 1 heterocycles. The third-order valence-corrected chi connectivity index (χ3v) is 4.53. The van der Waals surface area contributed by atoms with Gasteiger partial charge in [-0.15, -0.1) is 0 Å². The zero-order chi connectivity index (χ0) is 12.8. The smallest absolute Gasteiger partial charge is 0.316 e. The summed E-state index contributed by atoms with van der Waals surface area (Å²) in [5.74, 6) is -0.548. The molecule has 98 valence electrons. The Hall–Kier alpha value is -1.32. The number of carbonyl (C=O) groups excluding carboxylic acids is 2. The van der Waals surface area contributed by atoms with Gasteiger partial charge in [0.15, 0.2) is 0 Å². The van der Waals surface area contributed by atoms with E-state index in [9.17, 15) is 9.59 Å². The summed E-state index contributed by atoms with van der Waals surface area (Å²) in [5, 5.41) is 0. The molecule has 0 aromatic heterocycles. The van der Waals surface area contributed by atoms with Crippen LogP contribution in [0.4, 0.5) is 0 Å². The van der Waals surface area contributed by atoms with Gasteiger partial charge in [0.05, 0.1) is 13.5 Å². The number of esters is 2. The van der Waals surface area contributed by atoms with Crippen LogP contribution in [-0.4, -0.2) is 25.2 Å². The summed E-state index contributed by atoms with van der Waals surface area (Å²) in [6.45, 7) is 0. The number of methoxy groups -OCH3 is 1. The quantitative estimate of drug-likeness (QED) is 0.528. The number of hydrogen-bond acceptors (Lipinski definition) is 4. The van der Waals surface area contributed by atoms with Crippen LogP contribution < -0.4 is 0 Å². The van der Waals surface area contributed by atoms with Crippen molar-refractivity contribution in [2.75, 3.05) is 7.11 Å². The van der Waals surface area contributed by atoms with E-state index in [1.807, 2.05) is 0 Å². The molecule has 1 aliphatic heterocycles. The Bertz CT molecular complexity index is 437. The monoisotopic (exact) mass is 250 g/mol. The average molecular weight is 250 g/mol. The van der Waals surface area contributed by atoms with E-state index in [4.69, 9.17) is 9.47 Å². The predicted octanol–water partition coefficient (Wildman–Crippen LogP) is 2.13. The van der Waals surface area contributed by atoms with Gasteiger partial charge in [0, 0.05) is 0 Å².